The van der Waals surface area contributed by atoms with Crippen molar-refractivity contribution in [1.82, 2.24) is 5.32 Å². The lowest BCUT2D eigenvalue weighted by atomic mass is 10.2. The molecule has 20 heavy (non-hydrogen) atoms. The van der Waals surface area contributed by atoms with Gasteiger partial charge in [-0.05, 0) is 55.6 Å². The van der Waals surface area contributed by atoms with Gasteiger partial charge in [-0.15, -0.1) is 0 Å². The molecule has 1 N–H and O–H groups in total. The Balaban J connectivity index is 2.31. The molecule has 1 aliphatic rings. The molecular formula is C13H9Br2NO2S2. The summed E-state index contributed by atoms with van der Waals surface area (Å²) in [7, 11) is 0. The van der Waals surface area contributed by atoms with Crippen molar-refractivity contribution in [3.05, 3.63) is 44.2 Å². The maximum Gasteiger partial charge on any atom is 0.263 e. The summed E-state index contributed by atoms with van der Waals surface area (Å²) in [6.45, 7) is 4.03. The molecule has 3 nitrogen and oxygen atoms in total. The van der Waals surface area contributed by atoms with Crippen molar-refractivity contribution in [2.24, 2.45) is 0 Å². The van der Waals surface area contributed by atoms with Crippen LogP contribution in [0.4, 0.5) is 0 Å². The monoisotopic (exact) mass is 433 g/mol. The second kappa shape index (κ2) is 6.89. The van der Waals surface area contributed by atoms with E-state index in [-0.39, 0.29) is 5.91 Å². The lowest BCUT2D eigenvalue weighted by molar-refractivity contribution is -0.115. The van der Waals surface area contributed by atoms with Crippen LogP contribution in [0.15, 0.2) is 38.6 Å². The van der Waals surface area contributed by atoms with Crippen LogP contribution in [0.1, 0.15) is 5.56 Å². The summed E-state index contributed by atoms with van der Waals surface area (Å²) >= 11 is 13.1. The first kappa shape index (κ1) is 15.8. The first-order chi connectivity index (χ1) is 9.51. The fraction of sp³-hybridized carbons (Fsp3) is 0.0769. The van der Waals surface area contributed by atoms with Crippen molar-refractivity contribution < 1.29 is 9.53 Å². The molecule has 1 aromatic rings. The first-order valence-electron chi connectivity index (χ1n) is 5.49. The fourth-order valence-corrected chi connectivity index (χ4v) is 4.01. The highest BCUT2D eigenvalue weighted by Crippen LogP contribution is 2.36. The van der Waals surface area contributed by atoms with E-state index >= 15 is 0 Å². The number of benzene rings is 1. The number of amides is 1. The van der Waals surface area contributed by atoms with E-state index in [2.05, 4.69) is 43.8 Å². The lowest BCUT2D eigenvalue weighted by Crippen LogP contribution is -2.17. The maximum atomic E-state index is 11.6. The van der Waals surface area contributed by atoms with Gasteiger partial charge in [0.25, 0.3) is 5.91 Å². The van der Waals surface area contributed by atoms with Crippen LogP contribution in [0.5, 0.6) is 5.75 Å². The molecule has 1 amide bonds. The SMILES string of the molecule is C=CCOc1c(Br)cc(/C=C2\SC(=S)NC2=O)cc1Br. The molecule has 1 aromatic carbocycles. The molecule has 104 valence electrons. The van der Waals surface area contributed by atoms with Crippen molar-refractivity contribution in [2.75, 3.05) is 6.61 Å². The quantitative estimate of drug-likeness (QED) is 0.436. The second-order valence-corrected chi connectivity index (χ2v) is 7.19. The number of hydrogen-bond acceptors (Lipinski definition) is 4. The molecule has 0 aliphatic carbocycles. The van der Waals surface area contributed by atoms with Crippen LogP contribution < -0.4 is 10.1 Å². The van der Waals surface area contributed by atoms with E-state index < -0.39 is 0 Å². The third kappa shape index (κ3) is 3.72. The van der Waals surface area contributed by atoms with E-state index in [4.69, 9.17) is 17.0 Å². The summed E-state index contributed by atoms with van der Waals surface area (Å²) in [5.74, 6) is 0.533. The number of carbonyl (C=O) groups excluding carboxylic acids is 1. The minimum absolute atomic E-state index is 0.167. The normalized spacial score (nSPS) is 16.4. The maximum absolute atomic E-state index is 11.6. The summed E-state index contributed by atoms with van der Waals surface area (Å²) in [4.78, 5) is 12.2. The van der Waals surface area contributed by atoms with Crippen molar-refractivity contribution in [1.29, 1.82) is 0 Å². The predicted molar refractivity (Wildman–Crippen MR) is 93.8 cm³/mol. The molecular weight excluding hydrogens is 426 g/mol. The average Bonchev–Trinajstić information content (AvgIpc) is 2.67. The van der Waals surface area contributed by atoms with E-state index in [1.54, 1.807) is 12.2 Å². The molecule has 1 saturated heterocycles. The van der Waals surface area contributed by atoms with E-state index in [1.807, 2.05) is 12.1 Å². The molecule has 0 atom stereocenters. The summed E-state index contributed by atoms with van der Waals surface area (Å²) in [6, 6.07) is 3.76. The Hall–Kier alpha value is -0.630. The highest BCUT2D eigenvalue weighted by Gasteiger charge is 2.22. The van der Waals surface area contributed by atoms with Crippen molar-refractivity contribution in [3.8, 4) is 5.75 Å². The summed E-state index contributed by atoms with van der Waals surface area (Å²) < 4.78 is 7.61. The molecule has 0 unspecified atom stereocenters. The molecule has 1 aliphatic heterocycles. The highest BCUT2D eigenvalue weighted by atomic mass is 79.9. The molecule has 0 spiro atoms. The van der Waals surface area contributed by atoms with Gasteiger partial charge in [-0.3, -0.25) is 4.79 Å². The number of rotatable bonds is 4. The Kier molecular flexibility index (Phi) is 5.42. The standard InChI is InChI=1S/C13H9Br2NO2S2/c1-2-3-18-11-8(14)4-7(5-9(11)15)6-10-12(17)16-13(19)20-10/h2,4-6H,1,3H2,(H,16,17,19)/b10-6-. The largest absolute Gasteiger partial charge is 0.487 e. The number of nitrogens with one attached hydrogen (secondary N) is 1. The minimum Gasteiger partial charge on any atom is -0.487 e. The van der Waals surface area contributed by atoms with E-state index in [9.17, 15) is 4.79 Å². The molecule has 2 rings (SSSR count). The Bertz CT molecular complexity index is 606. The summed E-state index contributed by atoms with van der Waals surface area (Å²) in [6.07, 6.45) is 3.46. The highest BCUT2D eigenvalue weighted by molar-refractivity contribution is 9.11. The Morgan fingerprint density at radius 3 is 2.55 bits per heavy atom. The number of ether oxygens (including phenoxy) is 1. The van der Waals surface area contributed by atoms with Crippen molar-refractivity contribution >= 4 is 72.1 Å². The molecule has 0 bridgehead atoms. The number of carbonyl (C=O) groups is 1. The number of thiocarbonyl (C=S) groups is 1. The Labute approximate surface area is 143 Å². The Morgan fingerprint density at radius 2 is 2.05 bits per heavy atom. The van der Waals surface area contributed by atoms with Gasteiger partial charge in [-0.1, -0.05) is 36.6 Å². The minimum atomic E-state index is -0.167. The molecule has 1 heterocycles. The number of halogens is 2. The zero-order valence-electron chi connectivity index (χ0n) is 10.1. The van der Waals surface area contributed by atoms with Crippen LogP contribution >= 0.6 is 55.8 Å². The van der Waals surface area contributed by atoms with Gasteiger partial charge < -0.3 is 10.1 Å². The van der Waals surface area contributed by atoms with Gasteiger partial charge in [0.05, 0.1) is 13.9 Å². The third-order valence-electron chi connectivity index (χ3n) is 2.31. The van der Waals surface area contributed by atoms with Gasteiger partial charge in [0.2, 0.25) is 0 Å². The smallest absolute Gasteiger partial charge is 0.263 e. The second-order valence-electron chi connectivity index (χ2n) is 3.77. The van der Waals surface area contributed by atoms with Gasteiger partial charge in [0.1, 0.15) is 16.7 Å². The van der Waals surface area contributed by atoms with Crippen LogP contribution in [-0.2, 0) is 4.79 Å². The fourth-order valence-electron chi connectivity index (χ4n) is 1.52. The van der Waals surface area contributed by atoms with Gasteiger partial charge in [-0.2, -0.15) is 0 Å². The zero-order chi connectivity index (χ0) is 14.7. The molecule has 0 saturated carbocycles. The van der Waals surface area contributed by atoms with Gasteiger partial charge >= 0.3 is 0 Å². The van der Waals surface area contributed by atoms with Gasteiger partial charge in [0.15, 0.2) is 0 Å². The van der Waals surface area contributed by atoms with Crippen LogP contribution in [0.25, 0.3) is 6.08 Å². The van der Waals surface area contributed by atoms with Gasteiger partial charge in [-0.25, -0.2) is 0 Å². The lowest BCUT2D eigenvalue weighted by Gasteiger charge is -2.09. The van der Waals surface area contributed by atoms with Crippen LogP contribution in [0.3, 0.4) is 0 Å². The molecule has 0 radical (unpaired) electrons. The molecule has 0 aromatic heterocycles. The average molecular weight is 435 g/mol. The van der Waals surface area contributed by atoms with Crippen LogP contribution in [0.2, 0.25) is 0 Å². The predicted octanol–water partition coefficient (Wildman–Crippen LogP) is 4.27. The van der Waals surface area contributed by atoms with Crippen molar-refractivity contribution in [2.45, 2.75) is 0 Å². The summed E-state index contributed by atoms with van der Waals surface area (Å²) in [5.41, 5.74) is 0.872. The number of thioether (sulfide) groups is 1. The molecule has 1 fully saturated rings. The van der Waals surface area contributed by atoms with Crippen molar-refractivity contribution in [3.63, 3.8) is 0 Å². The third-order valence-corrected chi connectivity index (χ3v) is 4.65. The summed E-state index contributed by atoms with van der Waals surface area (Å²) in [5, 5.41) is 2.58. The van der Waals surface area contributed by atoms with Crippen LogP contribution in [0, 0.1) is 0 Å². The van der Waals surface area contributed by atoms with E-state index in [1.165, 1.54) is 11.8 Å². The molecule has 7 heteroatoms. The van der Waals surface area contributed by atoms with E-state index in [0.717, 1.165) is 14.5 Å². The topological polar surface area (TPSA) is 38.3 Å². The zero-order valence-corrected chi connectivity index (χ0v) is 14.9. The first-order valence-corrected chi connectivity index (χ1v) is 8.30. The van der Waals surface area contributed by atoms with Crippen LogP contribution in [-0.4, -0.2) is 16.8 Å². The van der Waals surface area contributed by atoms with E-state index in [0.29, 0.717) is 21.6 Å². The Morgan fingerprint density at radius 1 is 1.40 bits per heavy atom. The van der Waals surface area contributed by atoms with Gasteiger partial charge in [0, 0.05) is 0 Å². The number of hydrogen-bond donors (Lipinski definition) is 1.